The lowest BCUT2D eigenvalue weighted by atomic mass is 10.1. The molecule has 0 radical (unpaired) electrons. The number of Topliss-reactive ketones (excluding diaryl/α,β-unsaturated/α-hetero) is 1. The minimum absolute atomic E-state index is 0.0661. The Morgan fingerprint density at radius 1 is 1.00 bits per heavy atom. The molecule has 0 unspecified atom stereocenters. The summed E-state index contributed by atoms with van der Waals surface area (Å²) < 4.78 is 16.3. The molecule has 0 spiro atoms. The number of carbonyl (C=O) groups excluding carboxylic acids is 2. The molecule has 1 N–H and O–H groups in total. The fraction of sp³-hybridized carbons (Fsp3) is 0.182. The molecule has 6 heteroatoms. The molecule has 28 heavy (non-hydrogen) atoms. The fourth-order valence-corrected chi connectivity index (χ4v) is 2.81. The summed E-state index contributed by atoms with van der Waals surface area (Å²) in [5.41, 5.74) is 1.95. The van der Waals surface area contributed by atoms with Gasteiger partial charge in [0.05, 0.1) is 14.2 Å². The molecule has 0 aliphatic heterocycles. The molecule has 144 valence electrons. The number of anilines is 1. The van der Waals surface area contributed by atoms with E-state index in [1.807, 2.05) is 18.2 Å². The first-order valence-electron chi connectivity index (χ1n) is 8.72. The Morgan fingerprint density at radius 2 is 1.82 bits per heavy atom. The van der Waals surface area contributed by atoms with Crippen LogP contribution in [-0.2, 0) is 6.42 Å². The lowest BCUT2D eigenvalue weighted by Gasteiger charge is -2.09. The highest BCUT2D eigenvalue weighted by molar-refractivity contribution is 6.03. The smallest absolute Gasteiger partial charge is 0.291 e. The minimum Gasteiger partial charge on any atom is -0.497 e. The van der Waals surface area contributed by atoms with E-state index in [4.69, 9.17) is 13.9 Å². The van der Waals surface area contributed by atoms with Crippen LogP contribution in [-0.4, -0.2) is 25.9 Å². The van der Waals surface area contributed by atoms with E-state index in [-0.39, 0.29) is 17.5 Å². The normalized spacial score (nSPS) is 10.4. The van der Waals surface area contributed by atoms with Crippen LogP contribution < -0.4 is 14.8 Å². The van der Waals surface area contributed by atoms with Crippen molar-refractivity contribution in [3.05, 3.63) is 77.2 Å². The zero-order chi connectivity index (χ0) is 20.1. The molecular formula is C22H21NO5. The molecule has 0 aliphatic rings. The molecule has 0 atom stereocenters. The molecule has 2 aromatic carbocycles. The van der Waals surface area contributed by atoms with Gasteiger partial charge < -0.3 is 19.2 Å². The van der Waals surface area contributed by atoms with Gasteiger partial charge in [0.2, 0.25) is 0 Å². The van der Waals surface area contributed by atoms with Crippen LogP contribution in [0.1, 0.15) is 39.2 Å². The third-order valence-electron chi connectivity index (χ3n) is 4.26. The summed E-state index contributed by atoms with van der Waals surface area (Å²) in [6.07, 6.45) is 0.452. The van der Waals surface area contributed by atoms with Gasteiger partial charge in [-0.25, -0.2) is 0 Å². The van der Waals surface area contributed by atoms with Crippen LogP contribution in [0.25, 0.3) is 0 Å². The standard InChI is InChI=1S/C22H21NO5/c1-14(24)15-5-4-6-17(11-15)23-22(25)21-10-8-19(28-21)13-16-12-18(26-2)7-9-20(16)27-3/h4-12H,13H2,1-3H3,(H,23,25). The lowest BCUT2D eigenvalue weighted by molar-refractivity contribution is 0.0990. The van der Waals surface area contributed by atoms with Gasteiger partial charge in [-0.2, -0.15) is 0 Å². The van der Waals surface area contributed by atoms with E-state index in [2.05, 4.69) is 5.32 Å². The van der Waals surface area contributed by atoms with Crippen LogP contribution in [0.4, 0.5) is 5.69 Å². The Bertz CT molecular complexity index is 1010. The van der Waals surface area contributed by atoms with Crippen LogP contribution in [0.15, 0.2) is 59.0 Å². The van der Waals surface area contributed by atoms with Gasteiger partial charge in [-0.3, -0.25) is 9.59 Å². The topological polar surface area (TPSA) is 77.8 Å². The van der Waals surface area contributed by atoms with E-state index < -0.39 is 0 Å². The molecule has 0 saturated carbocycles. The van der Waals surface area contributed by atoms with Gasteiger partial charge in [-0.1, -0.05) is 12.1 Å². The van der Waals surface area contributed by atoms with E-state index in [0.29, 0.717) is 34.9 Å². The molecule has 3 rings (SSSR count). The molecule has 0 aliphatic carbocycles. The first kappa shape index (κ1) is 19.2. The zero-order valence-corrected chi connectivity index (χ0v) is 15.9. The Labute approximate surface area is 163 Å². The number of carbonyl (C=O) groups is 2. The maximum Gasteiger partial charge on any atom is 0.291 e. The van der Waals surface area contributed by atoms with E-state index in [1.165, 1.54) is 6.92 Å². The number of hydrogen-bond donors (Lipinski definition) is 1. The molecule has 1 amide bonds. The number of ketones is 1. The van der Waals surface area contributed by atoms with Crippen molar-refractivity contribution in [1.82, 2.24) is 0 Å². The van der Waals surface area contributed by atoms with Crippen LogP contribution in [0, 0.1) is 0 Å². The molecule has 6 nitrogen and oxygen atoms in total. The first-order valence-corrected chi connectivity index (χ1v) is 8.72. The average Bonchev–Trinajstić information content (AvgIpc) is 3.16. The summed E-state index contributed by atoms with van der Waals surface area (Å²) in [7, 11) is 3.20. The monoisotopic (exact) mass is 379 g/mol. The molecule has 0 bridgehead atoms. The van der Waals surface area contributed by atoms with Crippen LogP contribution in [0.2, 0.25) is 0 Å². The SMILES string of the molecule is COc1ccc(OC)c(Cc2ccc(C(=O)Nc3cccc(C(C)=O)c3)o2)c1. The molecule has 0 fully saturated rings. The van der Waals surface area contributed by atoms with Crippen molar-refractivity contribution in [2.24, 2.45) is 0 Å². The van der Waals surface area contributed by atoms with Crippen molar-refractivity contribution < 1.29 is 23.5 Å². The van der Waals surface area contributed by atoms with Gasteiger partial charge >= 0.3 is 0 Å². The van der Waals surface area contributed by atoms with Crippen LogP contribution in [0.3, 0.4) is 0 Å². The number of nitrogens with one attached hydrogen (secondary N) is 1. The zero-order valence-electron chi connectivity index (χ0n) is 15.9. The summed E-state index contributed by atoms with van der Waals surface area (Å²) in [6, 6.07) is 15.6. The number of amides is 1. The Hall–Kier alpha value is -3.54. The lowest BCUT2D eigenvalue weighted by Crippen LogP contribution is -2.11. The Balaban J connectivity index is 1.74. The quantitative estimate of drug-likeness (QED) is 0.618. The maximum absolute atomic E-state index is 12.5. The summed E-state index contributed by atoms with van der Waals surface area (Å²) >= 11 is 0. The summed E-state index contributed by atoms with van der Waals surface area (Å²) in [6.45, 7) is 1.48. The second kappa shape index (κ2) is 8.43. The van der Waals surface area contributed by atoms with E-state index in [1.54, 1.807) is 50.6 Å². The average molecular weight is 379 g/mol. The van der Waals surface area contributed by atoms with Gasteiger partial charge in [0.1, 0.15) is 17.3 Å². The first-order chi connectivity index (χ1) is 13.5. The predicted molar refractivity (Wildman–Crippen MR) is 105 cm³/mol. The molecule has 1 aromatic heterocycles. The third kappa shape index (κ3) is 4.40. The molecule has 3 aromatic rings. The van der Waals surface area contributed by atoms with E-state index >= 15 is 0 Å². The summed E-state index contributed by atoms with van der Waals surface area (Å²) in [5, 5.41) is 2.74. The van der Waals surface area contributed by atoms with Crippen molar-refractivity contribution in [1.29, 1.82) is 0 Å². The van der Waals surface area contributed by atoms with Crippen molar-refractivity contribution in [2.75, 3.05) is 19.5 Å². The Morgan fingerprint density at radius 3 is 2.54 bits per heavy atom. The maximum atomic E-state index is 12.5. The van der Waals surface area contributed by atoms with Gasteiger partial charge in [-0.15, -0.1) is 0 Å². The number of benzene rings is 2. The van der Waals surface area contributed by atoms with E-state index in [0.717, 1.165) is 5.56 Å². The van der Waals surface area contributed by atoms with Gasteiger partial charge in [-0.05, 0) is 49.4 Å². The highest BCUT2D eigenvalue weighted by Gasteiger charge is 2.14. The second-order valence-corrected chi connectivity index (χ2v) is 6.21. The van der Waals surface area contributed by atoms with Crippen LogP contribution in [0.5, 0.6) is 11.5 Å². The number of rotatable bonds is 7. The fourth-order valence-electron chi connectivity index (χ4n) is 2.81. The van der Waals surface area contributed by atoms with E-state index in [9.17, 15) is 9.59 Å². The number of methoxy groups -OCH3 is 2. The summed E-state index contributed by atoms with van der Waals surface area (Å²) in [5.74, 6) is 1.78. The Kier molecular flexibility index (Phi) is 5.79. The van der Waals surface area contributed by atoms with Crippen molar-refractivity contribution >= 4 is 17.4 Å². The number of hydrogen-bond acceptors (Lipinski definition) is 5. The van der Waals surface area contributed by atoms with Crippen molar-refractivity contribution in [3.8, 4) is 11.5 Å². The highest BCUT2D eigenvalue weighted by atomic mass is 16.5. The molecule has 1 heterocycles. The molecular weight excluding hydrogens is 358 g/mol. The predicted octanol–water partition coefficient (Wildman–Crippen LogP) is 4.34. The number of ether oxygens (including phenoxy) is 2. The third-order valence-corrected chi connectivity index (χ3v) is 4.26. The largest absolute Gasteiger partial charge is 0.497 e. The highest BCUT2D eigenvalue weighted by Crippen LogP contribution is 2.27. The molecule has 0 saturated heterocycles. The van der Waals surface area contributed by atoms with Gasteiger partial charge in [0, 0.05) is 23.2 Å². The minimum atomic E-state index is -0.385. The van der Waals surface area contributed by atoms with Crippen molar-refractivity contribution in [2.45, 2.75) is 13.3 Å². The summed E-state index contributed by atoms with van der Waals surface area (Å²) in [4.78, 5) is 23.9. The van der Waals surface area contributed by atoms with Gasteiger partial charge in [0.15, 0.2) is 11.5 Å². The number of furan rings is 1. The van der Waals surface area contributed by atoms with Crippen LogP contribution >= 0.6 is 0 Å². The second-order valence-electron chi connectivity index (χ2n) is 6.21. The van der Waals surface area contributed by atoms with Crippen molar-refractivity contribution in [3.63, 3.8) is 0 Å². The van der Waals surface area contributed by atoms with Gasteiger partial charge in [0.25, 0.3) is 5.91 Å².